The van der Waals surface area contributed by atoms with Crippen molar-refractivity contribution in [3.63, 3.8) is 0 Å². The summed E-state index contributed by atoms with van der Waals surface area (Å²) < 4.78 is 0. The maximum atomic E-state index is 8.82. The zero-order valence-corrected chi connectivity index (χ0v) is 4.30. The van der Waals surface area contributed by atoms with E-state index in [2.05, 4.69) is 0 Å². The Morgan fingerprint density at radius 2 is 2.43 bits per heavy atom. The summed E-state index contributed by atoms with van der Waals surface area (Å²) >= 11 is 0. The van der Waals surface area contributed by atoms with Crippen molar-refractivity contribution < 1.29 is 5.02 Å². The maximum absolute atomic E-state index is 8.82. The standard InChI is InChI=1S/C5H9BO/c7-6-4-2-1-3-5-6/h2,4,7H,1,3,5H2. The van der Waals surface area contributed by atoms with Crippen LogP contribution in [-0.4, -0.2) is 11.9 Å². The largest absolute Gasteiger partial charge is 0.447 e. The highest BCUT2D eigenvalue weighted by molar-refractivity contribution is 6.56. The Morgan fingerprint density at radius 3 is 2.71 bits per heavy atom. The molecule has 0 amide bonds. The normalized spacial score (nSPS) is 20.4. The molecule has 0 aromatic rings. The van der Waals surface area contributed by atoms with Gasteiger partial charge in [0.1, 0.15) is 0 Å². The molecule has 1 rings (SSSR count). The Kier molecular flexibility index (Phi) is 1.52. The highest BCUT2D eigenvalue weighted by atomic mass is 16.2. The predicted molar refractivity (Wildman–Crippen MR) is 31.2 cm³/mol. The van der Waals surface area contributed by atoms with Crippen LogP contribution in [0.4, 0.5) is 0 Å². The van der Waals surface area contributed by atoms with E-state index in [1.54, 1.807) is 0 Å². The zero-order chi connectivity index (χ0) is 5.11. The third-order valence-corrected chi connectivity index (χ3v) is 1.23. The third-order valence-electron chi connectivity index (χ3n) is 1.23. The average molecular weight is 95.9 g/mol. The van der Waals surface area contributed by atoms with E-state index in [0.717, 1.165) is 19.2 Å². The van der Waals surface area contributed by atoms with Crippen molar-refractivity contribution in [2.75, 3.05) is 0 Å². The van der Waals surface area contributed by atoms with Crippen molar-refractivity contribution in [3.05, 3.63) is 12.1 Å². The van der Waals surface area contributed by atoms with E-state index in [0.29, 0.717) is 0 Å². The van der Waals surface area contributed by atoms with E-state index in [1.165, 1.54) is 0 Å². The molecule has 1 N–H and O–H groups in total. The minimum Gasteiger partial charge on any atom is -0.447 e. The van der Waals surface area contributed by atoms with Gasteiger partial charge >= 0.3 is 6.92 Å². The lowest BCUT2D eigenvalue weighted by atomic mass is 9.61. The lowest BCUT2D eigenvalue weighted by Crippen LogP contribution is -2.09. The first-order chi connectivity index (χ1) is 3.39. The molecule has 0 unspecified atom stereocenters. The van der Waals surface area contributed by atoms with Crippen LogP contribution in [-0.2, 0) is 0 Å². The highest BCUT2D eigenvalue weighted by Gasteiger charge is 2.07. The van der Waals surface area contributed by atoms with Gasteiger partial charge in [-0.3, -0.25) is 0 Å². The van der Waals surface area contributed by atoms with Crippen LogP contribution in [0.5, 0.6) is 0 Å². The SMILES string of the molecule is OB1C=CCCC1. The third kappa shape index (κ3) is 1.36. The Bertz CT molecular complexity index is 80.1. The van der Waals surface area contributed by atoms with Crippen LogP contribution in [0.2, 0.25) is 6.32 Å². The van der Waals surface area contributed by atoms with Gasteiger partial charge in [0.05, 0.1) is 0 Å². The second-order valence-electron chi connectivity index (χ2n) is 1.93. The number of rotatable bonds is 0. The van der Waals surface area contributed by atoms with Crippen LogP contribution in [0.3, 0.4) is 0 Å². The first kappa shape index (κ1) is 4.91. The van der Waals surface area contributed by atoms with Crippen molar-refractivity contribution >= 4 is 6.92 Å². The molecule has 0 saturated heterocycles. The summed E-state index contributed by atoms with van der Waals surface area (Å²) in [5.41, 5.74) is 0. The molecule has 0 bridgehead atoms. The summed E-state index contributed by atoms with van der Waals surface area (Å²) in [7, 11) is 0. The van der Waals surface area contributed by atoms with Gasteiger partial charge in [0.15, 0.2) is 0 Å². The molecule has 1 aliphatic heterocycles. The molecule has 0 aromatic carbocycles. The van der Waals surface area contributed by atoms with Gasteiger partial charge in [0.25, 0.3) is 0 Å². The Hall–Kier alpha value is -0.235. The van der Waals surface area contributed by atoms with E-state index in [-0.39, 0.29) is 6.92 Å². The molecule has 1 aliphatic rings. The van der Waals surface area contributed by atoms with Gasteiger partial charge < -0.3 is 5.02 Å². The smallest absolute Gasteiger partial charge is 0.315 e. The second kappa shape index (κ2) is 2.17. The zero-order valence-electron chi connectivity index (χ0n) is 4.30. The van der Waals surface area contributed by atoms with Gasteiger partial charge in [-0.05, 0) is 12.7 Å². The topological polar surface area (TPSA) is 20.2 Å². The highest BCUT2D eigenvalue weighted by Crippen LogP contribution is 2.07. The molecule has 0 fully saturated rings. The molecule has 2 heteroatoms. The number of hydrogen-bond donors (Lipinski definition) is 1. The van der Waals surface area contributed by atoms with Crippen molar-refractivity contribution in [2.24, 2.45) is 0 Å². The van der Waals surface area contributed by atoms with Gasteiger partial charge in [0.2, 0.25) is 0 Å². The van der Waals surface area contributed by atoms with Gasteiger partial charge in [-0.2, -0.15) is 0 Å². The van der Waals surface area contributed by atoms with Gasteiger partial charge in [-0.25, -0.2) is 0 Å². The van der Waals surface area contributed by atoms with E-state index in [9.17, 15) is 0 Å². The van der Waals surface area contributed by atoms with Crippen LogP contribution >= 0.6 is 0 Å². The van der Waals surface area contributed by atoms with Crippen LogP contribution in [0.1, 0.15) is 12.8 Å². The van der Waals surface area contributed by atoms with Gasteiger partial charge in [-0.1, -0.05) is 18.5 Å². The van der Waals surface area contributed by atoms with Crippen LogP contribution < -0.4 is 0 Å². The van der Waals surface area contributed by atoms with E-state index in [1.807, 2.05) is 12.1 Å². The molecule has 38 valence electrons. The lowest BCUT2D eigenvalue weighted by Gasteiger charge is -2.03. The minimum absolute atomic E-state index is 0.145. The summed E-state index contributed by atoms with van der Waals surface area (Å²) in [5.74, 6) is 1.86. The Morgan fingerprint density at radius 1 is 1.57 bits per heavy atom. The maximum Gasteiger partial charge on any atom is 0.315 e. The summed E-state index contributed by atoms with van der Waals surface area (Å²) in [5, 5.41) is 8.82. The van der Waals surface area contributed by atoms with Gasteiger partial charge in [-0.15, -0.1) is 0 Å². The first-order valence-corrected chi connectivity index (χ1v) is 2.74. The van der Waals surface area contributed by atoms with E-state index in [4.69, 9.17) is 5.02 Å². The first-order valence-electron chi connectivity index (χ1n) is 2.74. The van der Waals surface area contributed by atoms with Crippen molar-refractivity contribution in [2.45, 2.75) is 19.2 Å². The molecule has 1 heterocycles. The second-order valence-corrected chi connectivity index (χ2v) is 1.93. The summed E-state index contributed by atoms with van der Waals surface area (Å²) in [6, 6.07) is 0. The molecule has 0 aromatic heterocycles. The molecule has 0 aliphatic carbocycles. The molecule has 1 nitrogen and oxygen atoms in total. The van der Waals surface area contributed by atoms with Crippen molar-refractivity contribution in [1.82, 2.24) is 0 Å². The van der Waals surface area contributed by atoms with Crippen molar-refractivity contribution in [1.29, 1.82) is 0 Å². The summed E-state index contributed by atoms with van der Waals surface area (Å²) in [4.78, 5) is 0. The fourth-order valence-electron chi connectivity index (χ4n) is 0.794. The monoisotopic (exact) mass is 96.1 g/mol. The molecule has 0 radical (unpaired) electrons. The Balaban J connectivity index is 2.36. The Labute approximate surface area is 44.2 Å². The minimum atomic E-state index is -0.145. The molecule has 0 saturated carbocycles. The number of hydrogen-bond acceptors (Lipinski definition) is 1. The van der Waals surface area contributed by atoms with Crippen LogP contribution in [0.25, 0.3) is 0 Å². The molecule has 0 spiro atoms. The molecule has 7 heavy (non-hydrogen) atoms. The molecular formula is C5H9BO. The fourth-order valence-corrected chi connectivity index (χ4v) is 0.794. The average Bonchev–Trinajstić information content (AvgIpc) is 1.69. The summed E-state index contributed by atoms with van der Waals surface area (Å²) in [6.07, 6.45) is 5.29. The van der Waals surface area contributed by atoms with Gasteiger partial charge in [0, 0.05) is 0 Å². The molecular weight excluding hydrogens is 86.9 g/mol. The summed E-state index contributed by atoms with van der Waals surface area (Å²) in [6.45, 7) is -0.145. The lowest BCUT2D eigenvalue weighted by molar-refractivity contribution is 0.574. The fraction of sp³-hybridized carbons (Fsp3) is 0.600. The quantitative estimate of drug-likeness (QED) is 0.443. The van der Waals surface area contributed by atoms with Crippen molar-refractivity contribution in [3.8, 4) is 0 Å². The molecule has 0 atom stereocenters. The van der Waals surface area contributed by atoms with Crippen LogP contribution in [0.15, 0.2) is 12.1 Å². The number of allylic oxidation sites excluding steroid dienone is 1. The van der Waals surface area contributed by atoms with E-state index < -0.39 is 0 Å². The van der Waals surface area contributed by atoms with Crippen LogP contribution in [0, 0.1) is 0 Å². The predicted octanol–water partition coefficient (Wildman–Crippen LogP) is 0.859. The van der Waals surface area contributed by atoms with E-state index >= 15 is 0 Å².